The molecular formula is C14H17Cl2N3O. The summed E-state index contributed by atoms with van der Waals surface area (Å²) in [6.45, 7) is 4.23. The summed E-state index contributed by atoms with van der Waals surface area (Å²) in [6.07, 6.45) is 0.878. The number of aliphatic hydroxyl groups is 1. The highest BCUT2D eigenvalue weighted by molar-refractivity contribution is 6.42. The first-order chi connectivity index (χ1) is 9.49. The SMILES string of the molecule is CC[C@@H](O)Cn1nc(C)nc1Cc1ccc(Cl)c(Cl)c1. The zero-order valence-electron chi connectivity index (χ0n) is 11.5. The number of halogens is 2. The summed E-state index contributed by atoms with van der Waals surface area (Å²) >= 11 is 11.9. The summed E-state index contributed by atoms with van der Waals surface area (Å²) in [5.41, 5.74) is 1.01. The van der Waals surface area contributed by atoms with Gasteiger partial charge in [-0.1, -0.05) is 36.2 Å². The first kappa shape index (κ1) is 15.3. The van der Waals surface area contributed by atoms with Crippen molar-refractivity contribution < 1.29 is 5.11 Å². The number of hydrogen-bond donors (Lipinski definition) is 1. The monoisotopic (exact) mass is 313 g/mol. The second-order valence-corrected chi connectivity index (χ2v) is 5.56. The van der Waals surface area contributed by atoms with E-state index in [-0.39, 0.29) is 0 Å². The molecule has 0 bridgehead atoms. The lowest BCUT2D eigenvalue weighted by atomic mass is 10.1. The number of hydrogen-bond acceptors (Lipinski definition) is 3. The molecule has 1 heterocycles. The van der Waals surface area contributed by atoms with Gasteiger partial charge in [0.1, 0.15) is 11.6 Å². The molecule has 1 aromatic heterocycles. The van der Waals surface area contributed by atoms with Gasteiger partial charge in [0.05, 0.1) is 22.7 Å². The molecular weight excluding hydrogens is 297 g/mol. The normalized spacial score (nSPS) is 12.7. The maximum atomic E-state index is 9.76. The molecule has 2 rings (SSSR count). The van der Waals surface area contributed by atoms with Crippen molar-refractivity contribution >= 4 is 23.2 Å². The van der Waals surface area contributed by atoms with Gasteiger partial charge in [0.15, 0.2) is 0 Å². The van der Waals surface area contributed by atoms with E-state index in [1.807, 2.05) is 26.0 Å². The van der Waals surface area contributed by atoms with Crippen LogP contribution in [0.15, 0.2) is 18.2 Å². The summed E-state index contributed by atoms with van der Waals surface area (Å²) in [4.78, 5) is 4.41. The van der Waals surface area contributed by atoms with Crippen molar-refractivity contribution in [3.63, 3.8) is 0 Å². The third-order valence-electron chi connectivity index (χ3n) is 3.06. The standard InChI is InChI=1S/C14H17Cl2N3O/c1-3-11(20)8-19-14(17-9(2)18-19)7-10-4-5-12(15)13(16)6-10/h4-6,11,20H,3,7-8H2,1-2H3/t11-/m1/s1. The fraction of sp³-hybridized carbons (Fsp3) is 0.429. The van der Waals surface area contributed by atoms with Crippen LogP contribution in [0.1, 0.15) is 30.6 Å². The topological polar surface area (TPSA) is 50.9 Å². The lowest BCUT2D eigenvalue weighted by Crippen LogP contribution is -2.18. The molecule has 0 spiro atoms. The number of benzene rings is 1. The Hall–Kier alpha value is -1.10. The quantitative estimate of drug-likeness (QED) is 0.921. The molecule has 0 aliphatic rings. The van der Waals surface area contributed by atoms with Crippen LogP contribution >= 0.6 is 23.2 Å². The van der Waals surface area contributed by atoms with Gasteiger partial charge in [-0.2, -0.15) is 5.10 Å². The highest BCUT2D eigenvalue weighted by Gasteiger charge is 2.12. The first-order valence-electron chi connectivity index (χ1n) is 6.52. The predicted molar refractivity (Wildman–Crippen MR) is 80.3 cm³/mol. The Balaban J connectivity index is 2.21. The van der Waals surface area contributed by atoms with Gasteiger partial charge in [-0.15, -0.1) is 0 Å². The Labute approximate surface area is 128 Å². The third kappa shape index (κ3) is 3.72. The molecule has 0 aliphatic heterocycles. The molecule has 0 radical (unpaired) electrons. The van der Waals surface area contributed by atoms with Gasteiger partial charge in [0, 0.05) is 6.42 Å². The predicted octanol–water partition coefficient (Wildman–Crippen LogP) is 3.26. The highest BCUT2D eigenvalue weighted by Crippen LogP contribution is 2.23. The van der Waals surface area contributed by atoms with E-state index in [2.05, 4.69) is 10.1 Å². The fourth-order valence-corrected chi connectivity index (χ4v) is 2.26. The van der Waals surface area contributed by atoms with Crippen LogP contribution in [-0.4, -0.2) is 26.0 Å². The molecule has 6 heteroatoms. The lowest BCUT2D eigenvalue weighted by molar-refractivity contribution is 0.144. The van der Waals surface area contributed by atoms with E-state index in [0.717, 1.165) is 11.4 Å². The largest absolute Gasteiger partial charge is 0.391 e. The van der Waals surface area contributed by atoms with E-state index < -0.39 is 6.10 Å². The molecule has 1 aromatic carbocycles. The average Bonchev–Trinajstić information content (AvgIpc) is 2.73. The number of rotatable bonds is 5. The molecule has 20 heavy (non-hydrogen) atoms. The lowest BCUT2D eigenvalue weighted by Gasteiger charge is -2.10. The fourth-order valence-electron chi connectivity index (χ4n) is 1.94. The molecule has 0 amide bonds. The molecule has 108 valence electrons. The Bertz CT molecular complexity index is 598. The second kappa shape index (κ2) is 6.57. The van der Waals surface area contributed by atoms with Crippen molar-refractivity contribution in [2.45, 2.75) is 39.3 Å². The minimum atomic E-state index is -0.413. The summed E-state index contributed by atoms with van der Waals surface area (Å²) in [5.74, 6) is 1.51. The third-order valence-corrected chi connectivity index (χ3v) is 3.79. The average molecular weight is 314 g/mol. The van der Waals surface area contributed by atoms with E-state index in [1.165, 1.54) is 0 Å². The van der Waals surface area contributed by atoms with E-state index in [4.69, 9.17) is 23.2 Å². The van der Waals surface area contributed by atoms with E-state index >= 15 is 0 Å². The molecule has 1 atom stereocenters. The van der Waals surface area contributed by atoms with Crippen LogP contribution in [0.2, 0.25) is 10.0 Å². The molecule has 2 aromatic rings. The van der Waals surface area contributed by atoms with Crippen LogP contribution < -0.4 is 0 Å². The zero-order chi connectivity index (χ0) is 14.7. The summed E-state index contributed by atoms with van der Waals surface area (Å²) < 4.78 is 1.76. The molecule has 4 nitrogen and oxygen atoms in total. The van der Waals surface area contributed by atoms with Crippen LogP contribution in [0.25, 0.3) is 0 Å². The van der Waals surface area contributed by atoms with Gasteiger partial charge < -0.3 is 5.11 Å². The van der Waals surface area contributed by atoms with Crippen molar-refractivity contribution in [3.8, 4) is 0 Å². The van der Waals surface area contributed by atoms with Gasteiger partial charge in [0.25, 0.3) is 0 Å². The summed E-state index contributed by atoms with van der Waals surface area (Å²) in [6, 6.07) is 5.51. The van der Waals surface area contributed by atoms with Gasteiger partial charge in [-0.3, -0.25) is 0 Å². The number of nitrogens with zero attached hydrogens (tertiary/aromatic N) is 3. The van der Waals surface area contributed by atoms with Crippen molar-refractivity contribution in [2.24, 2.45) is 0 Å². The molecule has 0 saturated carbocycles. The van der Waals surface area contributed by atoms with E-state index in [9.17, 15) is 5.11 Å². The van der Waals surface area contributed by atoms with Crippen LogP contribution in [0, 0.1) is 6.92 Å². The van der Waals surface area contributed by atoms with Gasteiger partial charge in [0.2, 0.25) is 0 Å². The van der Waals surface area contributed by atoms with Gasteiger partial charge in [-0.05, 0) is 31.0 Å². The van der Waals surface area contributed by atoms with Gasteiger partial charge in [-0.25, -0.2) is 9.67 Å². The maximum Gasteiger partial charge on any atom is 0.147 e. The Morgan fingerprint density at radius 1 is 1.30 bits per heavy atom. The highest BCUT2D eigenvalue weighted by atomic mass is 35.5. The van der Waals surface area contributed by atoms with E-state index in [1.54, 1.807) is 10.7 Å². The number of aromatic nitrogens is 3. The van der Waals surface area contributed by atoms with Crippen molar-refractivity contribution in [3.05, 3.63) is 45.5 Å². The Morgan fingerprint density at radius 2 is 2.05 bits per heavy atom. The van der Waals surface area contributed by atoms with Crippen LogP contribution in [-0.2, 0) is 13.0 Å². The van der Waals surface area contributed by atoms with Crippen molar-refractivity contribution in [1.82, 2.24) is 14.8 Å². The van der Waals surface area contributed by atoms with E-state index in [0.29, 0.717) is 35.3 Å². The van der Waals surface area contributed by atoms with Crippen LogP contribution in [0.4, 0.5) is 0 Å². The van der Waals surface area contributed by atoms with Crippen LogP contribution in [0.3, 0.4) is 0 Å². The Kier molecular flexibility index (Phi) is 5.02. The number of aliphatic hydroxyl groups excluding tert-OH is 1. The van der Waals surface area contributed by atoms with Crippen molar-refractivity contribution in [1.29, 1.82) is 0 Å². The molecule has 1 N–H and O–H groups in total. The van der Waals surface area contributed by atoms with Gasteiger partial charge >= 0.3 is 0 Å². The second-order valence-electron chi connectivity index (χ2n) is 4.74. The molecule has 0 aliphatic carbocycles. The van der Waals surface area contributed by atoms with Crippen LogP contribution in [0.5, 0.6) is 0 Å². The number of aryl methyl sites for hydroxylation is 1. The maximum absolute atomic E-state index is 9.76. The minimum absolute atomic E-state index is 0.413. The van der Waals surface area contributed by atoms with Crippen molar-refractivity contribution in [2.75, 3.05) is 0 Å². The zero-order valence-corrected chi connectivity index (χ0v) is 13.0. The smallest absolute Gasteiger partial charge is 0.147 e. The first-order valence-corrected chi connectivity index (χ1v) is 7.27. The minimum Gasteiger partial charge on any atom is -0.391 e. The molecule has 0 fully saturated rings. The molecule has 0 saturated heterocycles. The summed E-state index contributed by atoms with van der Waals surface area (Å²) in [5, 5.41) is 15.2. The summed E-state index contributed by atoms with van der Waals surface area (Å²) in [7, 11) is 0. The molecule has 0 unspecified atom stereocenters. The Morgan fingerprint density at radius 3 is 2.70 bits per heavy atom.